The van der Waals surface area contributed by atoms with E-state index in [0.717, 1.165) is 29.6 Å². The third-order valence-corrected chi connectivity index (χ3v) is 11.5. The Kier molecular flexibility index (Phi) is 9.80. The van der Waals surface area contributed by atoms with Gasteiger partial charge in [0.05, 0.1) is 25.3 Å². The van der Waals surface area contributed by atoms with Crippen LogP contribution in [0.15, 0.2) is 60.7 Å². The molecule has 0 saturated carbocycles. The van der Waals surface area contributed by atoms with Crippen molar-refractivity contribution in [2.24, 2.45) is 0 Å². The molecular formula is C27H39F2NO3Si. The quantitative estimate of drug-likeness (QED) is 0.462. The molecule has 0 aromatic heterocycles. The molecule has 4 nitrogen and oxygen atoms in total. The minimum atomic E-state index is -2.78. The Morgan fingerprint density at radius 1 is 1.00 bits per heavy atom. The molecule has 0 amide bonds. The van der Waals surface area contributed by atoms with Crippen LogP contribution in [0.4, 0.5) is 8.78 Å². The fraction of sp³-hybridized carbons (Fsp3) is 0.556. The zero-order valence-corrected chi connectivity index (χ0v) is 21.8. The molecule has 0 radical (unpaired) electrons. The van der Waals surface area contributed by atoms with Crippen molar-refractivity contribution >= 4 is 18.7 Å². The van der Waals surface area contributed by atoms with Crippen molar-refractivity contribution < 1.29 is 22.7 Å². The SMILES string of the molecule is CC(OC1CCCCO1)C(CO[Si](c1ccccc1)(c1ccccc1)C(C)(C)C)NCC(F)F. The number of halogens is 2. The van der Waals surface area contributed by atoms with Crippen LogP contribution in [0.3, 0.4) is 0 Å². The number of hydrogen-bond donors (Lipinski definition) is 1. The zero-order chi connectivity index (χ0) is 24.6. The predicted octanol–water partition coefficient (Wildman–Crippen LogP) is 4.72. The third kappa shape index (κ3) is 6.73. The highest BCUT2D eigenvalue weighted by Gasteiger charge is 2.50. The molecule has 3 rings (SSSR count). The summed E-state index contributed by atoms with van der Waals surface area (Å²) in [6.45, 7) is 9.05. The molecule has 7 heteroatoms. The van der Waals surface area contributed by atoms with Crippen LogP contribution in [0.1, 0.15) is 47.0 Å². The number of nitrogens with one attached hydrogen (secondary N) is 1. The summed E-state index contributed by atoms with van der Waals surface area (Å²) in [4.78, 5) is 0. The minimum Gasteiger partial charge on any atom is -0.406 e. The van der Waals surface area contributed by atoms with Crippen molar-refractivity contribution in [3.63, 3.8) is 0 Å². The summed E-state index contributed by atoms with van der Waals surface area (Å²) in [5, 5.41) is 5.12. The van der Waals surface area contributed by atoms with Gasteiger partial charge in [0.25, 0.3) is 14.7 Å². The summed E-state index contributed by atoms with van der Waals surface area (Å²) in [5.74, 6) is 0. The summed E-state index contributed by atoms with van der Waals surface area (Å²) in [7, 11) is -2.78. The van der Waals surface area contributed by atoms with Crippen LogP contribution in [0, 0.1) is 0 Å². The van der Waals surface area contributed by atoms with E-state index in [4.69, 9.17) is 13.9 Å². The first-order valence-corrected chi connectivity index (χ1v) is 14.2. The molecule has 1 aliphatic heterocycles. The molecule has 1 N–H and O–H groups in total. The van der Waals surface area contributed by atoms with Crippen LogP contribution < -0.4 is 15.7 Å². The second-order valence-electron chi connectivity index (χ2n) is 10.0. The number of hydrogen-bond acceptors (Lipinski definition) is 4. The van der Waals surface area contributed by atoms with Gasteiger partial charge in [0.1, 0.15) is 0 Å². The van der Waals surface area contributed by atoms with E-state index in [9.17, 15) is 8.78 Å². The van der Waals surface area contributed by atoms with Gasteiger partial charge in [0, 0.05) is 6.61 Å². The van der Waals surface area contributed by atoms with Gasteiger partial charge in [-0.15, -0.1) is 0 Å². The molecule has 1 heterocycles. The number of ether oxygens (including phenoxy) is 2. The Hall–Kier alpha value is -1.64. The average molecular weight is 492 g/mol. The van der Waals surface area contributed by atoms with Crippen LogP contribution in [-0.4, -0.2) is 52.9 Å². The van der Waals surface area contributed by atoms with Crippen LogP contribution >= 0.6 is 0 Å². The van der Waals surface area contributed by atoms with Crippen molar-refractivity contribution in [3.05, 3.63) is 60.7 Å². The van der Waals surface area contributed by atoms with E-state index in [1.54, 1.807) is 0 Å². The van der Waals surface area contributed by atoms with Crippen LogP contribution in [0.5, 0.6) is 0 Å². The summed E-state index contributed by atoms with van der Waals surface area (Å²) in [6, 6.07) is 20.3. The van der Waals surface area contributed by atoms with E-state index in [0.29, 0.717) is 6.61 Å². The lowest BCUT2D eigenvalue weighted by Gasteiger charge is -2.44. The van der Waals surface area contributed by atoms with Crippen molar-refractivity contribution in [1.29, 1.82) is 0 Å². The van der Waals surface area contributed by atoms with Gasteiger partial charge >= 0.3 is 0 Å². The molecule has 0 spiro atoms. The maximum Gasteiger partial charge on any atom is 0.261 e. The molecule has 1 aliphatic rings. The largest absolute Gasteiger partial charge is 0.406 e. The van der Waals surface area contributed by atoms with Crippen LogP contribution in [0.25, 0.3) is 0 Å². The maximum atomic E-state index is 13.2. The molecule has 3 atom stereocenters. The van der Waals surface area contributed by atoms with Crippen molar-refractivity contribution in [2.45, 2.75) is 76.9 Å². The molecule has 2 aromatic carbocycles. The van der Waals surface area contributed by atoms with E-state index < -0.39 is 27.3 Å². The van der Waals surface area contributed by atoms with E-state index in [1.165, 1.54) is 0 Å². The second kappa shape index (κ2) is 12.4. The standard InChI is InChI=1S/C27H39F2NO3Si/c1-21(33-26-17-11-12-18-31-26)24(30-19-25(28)29)20-32-34(27(2,3)4,22-13-7-5-8-14-22)23-15-9-6-10-16-23/h5-10,13-16,21,24-26,30H,11-12,17-20H2,1-4H3. The Morgan fingerprint density at radius 2 is 1.59 bits per heavy atom. The van der Waals surface area contributed by atoms with Crippen LogP contribution in [0.2, 0.25) is 5.04 Å². The number of rotatable bonds is 11. The summed E-state index contributed by atoms with van der Waals surface area (Å²) in [5.41, 5.74) is 0. The fourth-order valence-corrected chi connectivity index (χ4v) is 9.32. The van der Waals surface area contributed by atoms with E-state index >= 15 is 0 Å². The van der Waals surface area contributed by atoms with Gasteiger partial charge in [-0.05, 0) is 41.6 Å². The summed E-state index contributed by atoms with van der Waals surface area (Å²) in [6.07, 6.45) is -0.203. The zero-order valence-electron chi connectivity index (χ0n) is 20.8. The summed E-state index contributed by atoms with van der Waals surface area (Å²) >= 11 is 0. The van der Waals surface area contributed by atoms with Gasteiger partial charge in [-0.3, -0.25) is 0 Å². The van der Waals surface area contributed by atoms with Gasteiger partial charge in [0.2, 0.25) is 0 Å². The lowest BCUT2D eigenvalue weighted by molar-refractivity contribution is -0.191. The molecule has 0 aliphatic carbocycles. The Bertz CT molecular complexity index is 802. The lowest BCUT2D eigenvalue weighted by atomic mass is 10.1. The van der Waals surface area contributed by atoms with Crippen LogP contribution in [-0.2, 0) is 13.9 Å². The highest BCUT2D eigenvalue weighted by atomic mass is 28.4. The first-order chi connectivity index (χ1) is 16.2. The van der Waals surface area contributed by atoms with Crippen molar-refractivity contribution in [1.82, 2.24) is 5.32 Å². The van der Waals surface area contributed by atoms with E-state index in [-0.39, 0.29) is 24.0 Å². The average Bonchev–Trinajstić information content (AvgIpc) is 2.82. The Morgan fingerprint density at radius 3 is 2.06 bits per heavy atom. The minimum absolute atomic E-state index is 0.195. The Labute approximate surface area is 204 Å². The van der Waals surface area contributed by atoms with Crippen molar-refractivity contribution in [3.8, 4) is 0 Å². The number of alkyl halides is 2. The van der Waals surface area contributed by atoms with Gasteiger partial charge in [0.15, 0.2) is 6.29 Å². The second-order valence-corrected chi connectivity index (χ2v) is 14.3. The molecule has 0 bridgehead atoms. The molecule has 2 aromatic rings. The lowest BCUT2D eigenvalue weighted by Crippen LogP contribution is -2.67. The predicted molar refractivity (Wildman–Crippen MR) is 136 cm³/mol. The smallest absolute Gasteiger partial charge is 0.261 e. The third-order valence-electron chi connectivity index (χ3n) is 6.50. The first-order valence-electron chi connectivity index (χ1n) is 12.3. The van der Waals surface area contributed by atoms with E-state index in [2.05, 4.69) is 50.4 Å². The molecule has 1 fully saturated rings. The van der Waals surface area contributed by atoms with E-state index in [1.807, 2.05) is 43.3 Å². The van der Waals surface area contributed by atoms with Gasteiger partial charge < -0.3 is 19.2 Å². The first kappa shape index (κ1) is 27.0. The molecule has 3 unspecified atom stereocenters. The molecule has 188 valence electrons. The Balaban J connectivity index is 1.91. The van der Waals surface area contributed by atoms with Gasteiger partial charge in [-0.25, -0.2) is 8.78 Å². The topological polar surface area (TPSA) is 39.7 Å². The molecular weight excluding hydrogens is 452 g/mol. The van der Waals surface area contributed by atoms with Crippen molar-refractivity contribution in [2.75, 3.05) is 19.8 Å². The summed E-state index contributed by atoms with van der Waals surface area (Å²) < 4.78 is 45.2. The normalized spacial score (nSPS) is 19.2. The fourth-order valence-electron chi connectivity index (χ4n) is 4.73. The molecule has 34 heavy (non-hydrogen) atoms. The van der Waals surface area contributed by atoms with Gasteiger partial charge in [-0.2, -0.15) is 0 Å². The maximum absolute atomic E-state index is 13.2. The molecule has 1 saturated heterocycles. The highest BCUT2D eigenvalue weighted by molar-refractivity contribution is 6.99. The monoisotopic (exact) mass is 491 g/mol. The van der Waals surface area contributed by atoms with Gasteiger partial charge in [-0.1, -0.05) is 81.4 Å². The number of benzene rings is 2. The highest BCUT2D eigenvalue weighted by Crippen LogP contribution is 2.37.